The fraction of sp³-hybridized carbons (Fsp3) is 0.400. The molecule has 0 saturated carbocycles. The number of imide groups is 1. The number of carbonyl (C=O) groups is 3. The van der Waals surface area contributed by atoms with E-state index >= 15 is 0 Å². The number of hydrogen-bond acceptors (Lipinski definition) is 4. The smallest absolute Gasteiger partial charge is 0.241 e. The molecule has 0 radical (unpaired) electrons. The fourth-order valence-electron chi connectivity index (χ4n) is 4.77. The molecule has 2 fully saturated rings. The molecule has 0 aliphatic carbocycles. The van der Waals surface area contributed by atoms with E-state index in [1.54, 1.807) is 4.90 Å². The number of aliphatic hydroxyl groups is 1. The van der Waals surface area contributed by atoms with E-state index in [4.69, 9.17) is 0 Å². The van der Waals surface area contributed by atoms with Crippen molar-refractivity contribution in [3.05, 3.63) is 71.3 Å². The predicted octanol–water partition coefficient (Wildman–Crippen LogP) is 2.57. The Hall–Kier alpha value is -2.99. The first-order valence-corrected chi connectivity index (χ1v) is 10.8. The van der Waals surface area contributed by atoms with E-state index in [-0.39, 0.29) is 43.2 Å². The van der Waals surface area contributed by atoms with Crippen molar-refractivity contribution < 1.29 is 19.5 Å². The van der Waals surface area contributed by atoms with Gasteiger partial charge in [-0.05, 0) is 36.5 Å². The van der Waals surface area contributed by atoms with Crippen LogP contribution in [0.15, 0.2) is 54.6 Å². The Labute approximate surface area is 182 Å². The standard InChI is InChI=1S/C25H28N2O4/c1-18-7-5-6-10-21(18)25(15-22(29)26-13-11-20(28)12-14-26)16-23(30)27(24(25)31)17-19-8-3-2-4-9-19/h2-10,20,28H,11-17H2,1H3. The molecule has 1 unspecified atom stereocenters. The van der Waals surface area contributed by atoms with Crippen molar-refractivity contribution in [2.24, 2.45) is 0 Å². The summed E-state index contributed by atoms with van der Waals surface area (Å²) in [5.74, 6) is -0.696. The van der Waals surface area contributed by atoms with Gasteiger partial charge < -0.3 is 10.0 Å². The minimum Gasteiger partial charge on any atom is -0.393 e. The third kappa shape index (κ3) is 4.12. The fourth-order valence-corrected chi connectivity index (χ4v) is 4.77. The molecule has 1 atom stereocenters. The van der Waals surface area contributed by atoms with Gasteiger partial charge in [0.1, 0.15) is 0 Å². The van der Waals surface area contributed by atoms with Gasteiger partial charge in [0.25, 0.3) is 0 Å². The van der Waals surface area contributed by atoms with Crippen LogP contribution in [0.5, 0.6) is 0 Å². The summed E-state index contributed by atoms with van der Waals surface area (Å²) in [6, 6.07) is 16.9. The normalized spacial score (nSPS) is 22.3. The monoisotopic (exact) mass is 420 g/mol. The number of piperidine rings is 1. The Morgan fingerprint density at radius 2 is 1.68 bits per heavy atom. The van der Waals surface area contributed by atoms with E-state index in [0.717, 1.165) is 16.7 Å². The van der Waals surface area contributed by atoms with Crippen LogP contribution >= 0.6 is 0 Å². The summed E-state index contributed by atoms with van der Waals surface area (Å²) < 4.78 is 0. The van der Waals surface area contributed by atoms with Crippen LogP contribution in [-0.2, 0) is 26.3 Å². The van der Waals surface area contributed by atoms with Crippen LogP contribution in [0.25, 0.3) is 0 Å². The number of nitrogens with zero attached hydrogens (tertiary/aromatic N) is 2. The van der Waals surface area contributed by atoms with Gasteiger partial charge >= 0.3 is 0 Å². The van der Waals surface area contributed by atoms with Crippen LogP contribution in [0, 0.1) is 6.92 Å². The average Bonchev–Trinajstić information content (AvgIpc) is 3.00. The summed E-state index contributed by atoms with van der Waals surface area (Å²) in [5.41, 5.74) is 1.33. The van der Waals surface area contributed by atoms with Crippen LogP contribution in [-0.4, -0.2) is 51.8 Å². The number of carbonyl (C=O) groups excluding carboxylic acids is 3. The highest BCUT2D eigenvalue weighted by Gasteiger charge is 2.54. The zero-order valence-electron chi connectivity index (χ0n) is 17.8. The van der Waals surface area contributed by atoms with Crippen molar-refractivity contribution in [1.82, 2.24) is 9.80 Å². The summed E-state index contributed by atoms with van der Waals surface area (Å²) in [6.07, 6.45) is 0.646. The first-order chi connectivity index (χ1) is 14.9. The summed E-state index contributed by atoms with van der Waals surface area (Å²) in [7, 11) is 0. The SMILES string of the molecule is Cc1ccccc1C1(CC(=O)N2CCC(O)CC2)CC(=O)N(Cc2ccccc2)C1=O. The van der Waals surface area contributed by atoms with Gasteiger partial charge in [-0.3, -0.25) is 19.3 Å². The average molecular weight is 421 g/mol. The lowest BCUT2D eigenvalue weighted by Crippen LogP contribution is -2.46. The number of amides is 3. The Kier molecular flexibility index (Phi) is 5.92. The van der Waals surface area contributed by atoms with Crippen LogP contribution in [0.1, 0.15) is 42.4 Å². The molecule has 6 nitrogen and oxygen atoms in total. The highest BCUT2D eigenvalue weighted by molar-refractivity contribution is 6.10. The van der Waals surface area contributed by atoms with Crippen molar-refractivity contribution in [2.45, 2.75) is 50.7 Å². The second-order valence-corrected chi connectivity index (χ2v) is 8.63. The van der Waals surface area contributed by atoms with Gasteiger partial charge in [0.05, 0.1) is 18.1 Å². The second kappa shape index (κ2) is 8.63. The quantitative estimate of drug-likeness (QED) is 0.754. The minimum atomic E-state index is -1.19. The Morgan fingerprint density at radius 3 is 2.35 bits per heavy atom. The van der Waals surface area contributed by atoms with Crippen molar-refractivity contribution >= 4 is 17.7 Å². The number of benzene rings is 2. The molecular formula is C25H28N2O4. The van der Waals surface area contributed by atoms with Gasteiger partial charge in [-0.2, -0.15) is 0 Å². The zero-order valence-corrected chi connectivity index (χ0v) is 17.8. The predicted molar refractivity (Wildman–Crippen MR) is 116 cm³/mol. The summed E-state index contributed by atoms with van der Waals surface area (Å²) in [5, 5.41) is 9.77. The van der Waals surface area contributed by atoms with E-state index < -0.39 is 5.41 Å². The number of aliphatic hydroxyl groups excluding tert-OH is 1. The number of hydrogen-bond donors (Lipinski definition) is 1. The third-order valence-corrected chi connectivity index (χ3v) is 6.52. The maximum absolute atomic E-state index is 13.8. The minimum absolute atomic E-state index is 0.00821. The second-order valence-electron chi connectivity index (χ2n) is 8.63. The van der Waals surface area contributed by atoms with E-state index in [1.165, 1.54) is 4.90 Å². The van der Waals surface area contributed by atoms with Crippen LogP contribution in [0.2, 0.25) is 0 Å². The molecule has 2 aliphatic heterocycles. The molecule has 3 amide bonds. The maximum atomic E-state index is 13.8. The molecule has 4 rings (SSSR count). The van der Waals surface area contributed by atoms with E-state index in [9.17, 15) is 19.5 Å². The van der Waals surface area contributed by atoms with Gasteiger partial charge in [-0.15, -0.1) is 0 Å². The molecular weight excluding hydrogens is 392 g/mol. The lowest BCUT2D eigenvalue weighted by Gasteiger charge is -2.34. The van der Waals surface area contributed by atoms with E-state index in [1.807, 2.05) is 61.5 Å². The molecule has 2 aromatic rings. The van der Waals surface area contributed by atoms with E-state index in [2.05, 4.69) is 0 Å². The highest BCUT2D eigenvalue weighted by Crippen LogP contribution is 2.42. The highest BCUT2D eigenvalue weighted by atomic mass is 16.3. The largest absolute Gasteiger partial charge is 0.393 e. The molecule has 0 aromatic heterocycles. The Bertz CT molecular complexity index is 982. The molecule has 162 valence electrons. The topological polar surface area (TPSA) is 77.9 Å². The van der Waals surface area contributed by atoms with Crippen molar-refractivity contribution in [2.75, 3.05) is 13.1 Å². The molecule has 2 saturated heterocycles. The molecule has 2 heterocycles. The van der Waals surface area contributed by atoms with Crippen molar-refractivity contribution in [3.8, 4) is 0 Å². The van der Waals surface area contributed by atoms with Gasteiger partial charge in [0, 0.05) is 25.9 Å². The van der Waals surface area contributed by atoms with Gasteiger partial charge in [-0.25, -0.2) is 0 Å². The zero-order chi connectivity index (χ0) is 22.0. The lowest BCUT2D eigenvalue weighted by atomic mass is 9.73. The maximum Gasteiger partial charge on any atom is 0.241 e. The molecule has 2 aromatic carbocycles. The van der Waals surface area contributed by atoms with Crippen LogP contribution in [0.3, 0.4) is 0 Å². The third-order valence-electron chi connectivity index (χ3n) is 6.52. The number of likely N-dealkylation sites (tertiary alicyclic amines) is 2. The molecule has 6 heteroatoms. The van der Waals surface area contributed by atoms with E-state index in [0.29, 0.717) is 25.9 Å². The van der Waals surface area contributed by atoms with Crippen molar-refractivity contribution in [3.63, 3.8) is 0 Å². The molecule has 0 bridgehead atoms. The number of aryl methyl sites for hydroxylation is 1. The van der Waals surface area contributed by atoms with Gasteiger partial charge in [0.15, 0.2) is 0 Å². The van der Waals surface area contributed by atoms with Crippen LogP contribution in [0.4, 0.5) is 0 Å². The van der Waals surface area contributed by atoms with Crippen LogP contribution < -0.4 is 0 Å². The first-order valence-electron chi connectivity index (χ1n) is 10.8. The molecule has 0 spiro atoms. The summed E-state index contributed by atoms with van der Waals surface area (Å²) >= 11 is 0. The summed E-state index contributed by atoms with van der Waals surface area (Å²) in [4.78, 5) is 43.0. The molecule has 1 N–H and O–H groups in total. The molecule has 2 aliphatic rings. The van der Waals surface area contributed by atoms with Gasteiger partial charge in [-0.1, -0.05) is 54.6 Å². The lowest BCUT2D eigenvalue weighted by molar-refractivity contribution is -0.143. The van der Waals surface area contributed by atoms with Gasteiger partial charge in [0.2, 0.25) is 17.7 Å². The molecule has 31 heavy (non-hydrogen) atoms. The Balaban J connectivity index is 1.67. The Morgan fingerprint density at radius 1 is 1.03 bits per heavy atom. The first kappa shape index (κ1) is 21.2. The van der Waals surface area contributed by atoms with Crippen molar-refractivity contribution in [1.29, 1.82) is 0 Å². The number of rotatable bonds is 5. The summed E-state index contributed by atoms with van der Waals surface area (Å²) in [6.45, 7) is 3.06.